The van der Waals surface area contributed by atoms with E-state index in [1.807, 2.05) is 0 Å². The normalized spacial score (nSPS) is 12.2. The van der Waals surface area contributed by atoms with Crippen LogP contribution in [-0.2, 0) is 4.74 Å². The highest BCUT2D eigenvalue weighted by molar-refractivity contribution is 5.88. The summed E-state index contributed by atoms with van der Waals surface area (Å²) in [5, 5.41) is 9.31. The zero-order valence-electron chi connectivity index (χ0n) is 7.80. The molecule has 0 aliphatic carbocycles. The maximum atomic E-state index is 11.0. The van der Waals surface area contributed by atoms with E-state index in [0.717, 1.165) is 0 Å². The van der Waals surface area contributed by atoms with Crippen molar-refractivity contribution >= 4 is 5.97 Å². The molecule has 0 aliphatic rings. The summed E-state index contributed by atoms with van der Waals surface area (Å²) in [6.07, 6.45) is 0.557. The van der Waals surface area contributed by atoms with Crippen LogP contribution in [0.1, 0.15) is 22.2 Å². The van der Waals surface area contributed by atoms with Gasteiger partial charge in [0.25, 0.3) is 0 Å². The van der Waals surface area contributed by atoms with E-state index in [-0.39, 0.29) is 6.54 Å². The molecule has 14 heavy (non-hydrogen) atoms. The Balaban J connectivity index is 2.83. The Labute approximate surface area is 81.5 Å². The first kappa shape index (κ1) is 10.6. The summed E-state index contributed by atoms with van der Waals surface area (Å²) in [7, 11) is 1.30. The standard InChI is InChI=1S/C9H12N2O3/c1-14-9(13)6-2-3-7(11-5-6)8(12)4-10/h2-3,5,8,12H,4,10H2,1H3/t8-/m0/s1. The summed E-state index contributed by atoms with van der Waals surface area (Å²) >= 11 is 0. The fourth-order valence-electron chi connectivity index (χ4n) is 0.962. The number of rotatable bonds is 3. The minimum absolute atomic E-state index is 0.102. The molecule has 0 amide bonds. The third-order valence-corrected chi connectivity index (χ3v) is 1.77. The first-order valence-electron chi connectivity index (χ1n) is 4.11. The molecule has 0 radical (unpaired) electrons. The smallest absolute Gasteiger partial charge is 0.339 e. The molecule has 0 saturated carbocycles. The van der Waals surface area contributed by atoms with E-state index in [1.54, 1.807) is 6.07 Å². The lowest BCUT2D eigenvalue weighted by atomic mass is 10.2. The van der Waals surface area contributed by atoms with Crippen molar-refractivity contribution in [1.29, 1.82) is 0 Å². The molecule has 0 unspecified atom stereocenters. The number of hydrogen-bond acceptors (Lipinski definition) is 5. The number of nitrogens with zero attached hydrogens (tertiary/aromatic N) is 1. The quantitative estimate of drug-likeness (QED) is 0.657. The second kappa shape index (κ2) is 4.69. The van der Waals surface area contributed by atoms with Crippen molar-refractivity contribution in [3.05, 3.63) is 29.6 Å². The Bertz CT molecular complexity index is 310. The Morgan fingerprint density at radius 3 is 2.86 bits per heavy atom. The van der Waals surface area contributed by atoms with Crippen LogP contribution in [0.2, 0.25) is 0 Å². The highest BCUT2D eigenvalue weighted by Gasteiger charge is 2.09. The maximum Gasteiger partial charge on any atom is 0.339 e. The average molecular weight is 196 g/mol. The average Bonchev–Trinajstić information content (AvgIpc) is 2.27. The van der Waals surface area contributed by atoms with Gasteiger partial charge >= 0.3 is 5.97 Å². The van der Waals surface area contributed by atoms with Gasteiger partial charge in [-0.05, 0) is 12.1 Å². The van der Waals surface area contributed by atoms with Gasteiger partial charge in [0.1, 0.15) is 6.10 Å². The number of ether oxygens (including phenoxy) is 1. The molecule has 1 aromatic rings. The minimum Gasteiger partial charge on any atom is -0.465 e. The molecule has 0 aromatic carbocycles. The van der Waals surface area contributed by atoms with Gasteiger partial charge in [0.2, 0.25) is 0 Å². The molecule has 0 fully saturated rings. The zero-order chi connectivity index (χ0) is 10.6. The topological polar surface area (TPSA) is 85.4 Å². The van der Waals surface area contributed by atoms with Crippen LogP contribution in [0, 0.1) is 0 Å². The fourth-order valence-corrected chi connectivity index (χ4v) is 0.962. The van der Waals surface area contributed by atoms with Crippen molar-refractivity contribution < 1.29 is 14.6 Å². The highest BCUT2D eigenvalue weighted by atomic mass is 16.5. The van der Waals surface area contributed by atoms with Gasteiger partial charge in [0.05, 0.1) is 18.4 Å². The van der Waals surface area contributed by atoms with Gasteiger partial charge in [0, 0.05) is 12.7 Å². The molecule has 1 atom stereocenters. The first-order valence-corrected chi connectivity index (χ1v) is 4.11. The van der Waals surface area contributed by atoms with Gasteiger partial charge in [-0.25, -0.2) is 4.79 Å². The monoisotopic (exact) mass is 196 g/mol. The summed E-state index contributed by atoms with van der Waals surface area (Å²) < 4.78 is 4.50. The van der Waals surface area contributed by atoms with Gasteiger partial charge in [-0.2, -0.15) is 0 Å². The second-order valence-corrected chi connectivity index (χ2v) is 2.71. The molecular weight excluding hydrogens is 184 g/mol. The zero-order valence-corrected chi connectivity index (χ0v) is 7.80. The molecular formula is C9H12N2O3. The van der Waals surface area contributed by atoms with Crippen molar-refractivity contribution in [3.63, 3.8) is 0 Å². The van der Waals surface area contributed by atoms with Crippen LogP contribution >= 0.6 is 0 Å². The van der Waals surface area contributed by atoms with Gasteiger partial charge < -0.3 is 15.6 Å². The number of aliphatic hydroxyl groups excluding tert-OH is 1. The minimum atomic E-state index is -0.790. The summed E-state index contributed by atoms with van der Waals surface area (Å²) in [5.74, 6) is -0.453. The summed E-state index contributed by atoms with van der Waals surface area (Å²) in [5.41, 5.74) is 6.04. The van der Waals surface area contributed by atoms with Gasteiger partial charge in [-0.1, -0.05) is 0 Å². The third kappa shape index (κ3) is 2.27. The number of aliphatic hydroxyl groups is 1. The summed E-state index contributed by atoms with van der Waals surface area (Å²) in [6, 6.07) is 3.08. The van der Waals surface area contributed by atoms with E-state index in [9.17, 15) is 9.90 Å². The number of nitrogens with two attached hydrogens (primary N) is 1. The van der Waals surface area contributed by atoms with Crippen molar-refractivity contribution in [2.75, 3.05) is 13.7 Å². The molecule has 1 rings (SSSR count). The Hall–Kier alpha value is -1.46. The number of methoxy groups -OCH3 is 1. The van der Waals surface area contributed by atoms with E-state index < -0.39 is 12.1 Å². The lowest BCUT2D eigenvalue weighted by molar-refractivity contribution is 0.0600. The van der Waals surface area contributed by atoms with E-state index in [2.05, 4.69) is 9.72 Å². The van der Waals surface area contributed by atoms with Crippen LogP contribution in [-0.4, -0.2) is 29.7 Å². The number of carbonyl (C=O) groups excluding carboxylic acids is 1. The predicted molar refractivity (Wildman–Crippen MR) is 49.6 cm³/mol. The van der Waals surface area contributed by atoms with Gasteiger partial charge in [-0.3, -0.25) is 4.98 Å². The summed E-state index contributed by atoms with van der Waals surface area (Å²) in [6.45, 7) is 0.102. The predicted octanol–water partition coefficient (Wildman–Crippen LogP) is -0.140. The van der Waals surface area contributed by atoms with E-state index in [1.165, 1.54) is 19.4 Å². The maximum absolute atomic E-state index is 11.0. The highest BCUT2D eigenvalue weighted by Crippen LogP contribution is 2.09. The van der Waals surface area contributed by atoms with Crippen molar-refractivity contribution in [1.82, 2.24) is 4.98 Å². The molecule has 5 heteroatoms. The summed E-state index contributed by atoms with van der Waals surface area (Å²) in [4.78, 5) is 14.9. The van der Waals surface area contributed by atoms with Crippen molar-refractivity contribution in [3.8, 4) is 0 Å². The van der Waals surface area contributed by atoms with E-state index in [0.29, 0.717) is 11.3 Å². The van der Waals surface area contributed by atoms with Crippen molar-refractivity contribution in [2.45, 2.75) is 6.10 Å². The molecule has 1 heterocycles. The number of aromatic nitrogens is 1. The van der Waals surface area contributed by atoms with Crippen molar-refractivity contribution in [2.24, 2.45) is 5.73 Å². The second-order valence-electron chi connectivity index (χ2n) is 2.71. The number of carbonyl (C=O) groups is 1. The number of hydrogen-bond donors (Lipinski definition) is 2. The molecule has 0 saturated heterocycles. The number of esters is 1. The Kier molecular flexibility index (Phi) is 3.55. The first-order chi connectivity index (χ1) is 6.69. The SMILES string of the molecule is COC(=O)c1ccc([C@@H](O)CN)nc1. The Morgan fingerprint density at radius 2 is 2.43 bits per heavy atom. The van der Waals surface area contributed by atoms with Crippen LogP contribution in [0.5, 0.6) is 0 Å². The van der Waals surface area contributed by atoms with Crippen LogP contribution in [0.4, 0.5) is 0 Å². The lowest BCUT2D eigenvalue weighted by Gasteiger charge is -2.06. The fraction of sp³-hybridized carbons (Fsp3) is 0.333. The van der Waals surface area contributed by atoms with Crippen LogP contribution in [0.15, 0.2) is 18.3 Å². The van der Waals surface area contributed by atoms with Gasteiger partial charge in [0.15, 0.2) is 0 Å². The van der Waals surface area contributed by atoms with E-state index >= 15 is 0 Å². The van der Waals surface area contributed by atoms with Crippen LogP contribution in [0.3, 0.4) is 0 Å². The Morgan fingerprint density at radius 1 is 1.71 bits per heavy atom. The van der Waals surface area contributed by atoms with Gasteiger partial charge in [-0.15, -0.1) is 0 Å². The molecule has 1 aromatic heterocycles. The molecule has 3 N–H and O–H groups in total. The molecule has 5 nitrogen and oxygen atoms in total. The van der Waals surface area contributed by atoms with Crippen LogP contribution in [0.25, 0.3) is 0 Å². The third-order valence-electron chi connectivity index (χ3n) is 1.77. The molecule has 76 valence electrons. The van der Waals surface area contributed by atoms with Crippen LogP contribution < -0.4 is 5.73 Å². The lowest BCUT2D eigenvalue weighted by Crippen LogP contribution is -2.13. The largest absolute Gasteiger partial charge is 0.465 e. The molecule has 0 aliphatic heterocycles. The molecule has 0 bridgehead atoms. The molecule has 0 spiro atoms. The number of pyridine rings is 1. The van der Waals surface area contributed by atoms with E-state index in [4.69, 9.17) is 5.73 Å².